The normalized spacial score (nSPS) is 10.2. The van der Waals surface area contributed by atoms with Crippen molar-refractivity contribution in [3.63, 3.8) is 0 Å². The van der Waals surface area contributed by atoms with Crippen molar-refractivity contribution in [3.8, 4) is 6.07 Å². The first-order valence-corrected chi connectivity index (χ1v) is 7.54. The number of nitriles is 1. The van der Waals surface area contributed by atoms with E-state index >= 15 is 0 Å². The Morgan fingerprint density at radius 2 is 2.00 bits per heavy atom. The second-order valence-corrected chi connectivity index (χ2v) is 5.37. The highest BCUT2D eigenvalue weighted by Crippen LogP contribution is 2.25. The Morgan fingerprint density at radius 1 is 1.20 bits per heavy atom. The van der Waals surface area contributed by atoms with Gasteiger partial charge in [-0.2, -0.15) is 5.26 Å². The highest BCUT2D eigenvalue weighted by atomic mass is 16.5. The van der Waals surface area contributed by atoms with E-state index in [0.29, 0.717) is 22.4 Å². The second-order valence-electron chi connectivity index (χ2n) is 5.37. The number of carbonyl (C=O) groups is 2. The number of amides is 1. The summed E-state index contributed by atoms with van der Waals surface area (Å²) in [6.45, 7) is 1.31. The van der Waals surface area contributed by atoms with Gasteiger partial charge in [0.15, 0.2) is 6.61 Å². The van der Waals surface area contributed by atoms with Crippen molar-refractivity contribution in [1.29, 1.82) is 5.26 Å². The Balaban J connectivity index is 1.64. The van der Waals surface area contributed by atoms with Gasteiger partial charge in [0, 0.05) is 16.6 Å². The van der Waals surface area contributed by atoms with Crippen molar-refractivity contribution in [2.24, 2.45) is 0 Å². The zero-order chi connectivity index (χ0) is 17.8. The van der Waals surface area contributed by atoms with Gasteiger partial charge >= 0.3 is 5.97 Å². The molecular formula is C19H14N2O4. The van der Waals surface area contributed by atoms with Gasteiger partial charge in [0.2, 0.25) is 5.76 Å². The molecule has 1 N–H and O–H groups in total. The van der Waals surface area contributed by atoms with Crippen LogP contribution in [0.1, 0.15) is 21.7 Å². The van der Waals surface area contributed by atoms with E-state index in [1.54, 1.807) is 31.2 Å². The number of aryl methyl sites for hydroxylation is 1. The van der Waals surface area contributed by atoms with Gasteiger partial charge in [-0.05, 0) is 31.2 Å². The maximum absolute atomic E-state index is 12.2. The molecule has 1 heterocycles. The summed E-state index contributed by atoms with van der Waals surface area (Å²) < 4.78 is 10.5. The first-order chi connectivity index (χ1) is 12.1. The average molecular weight is 334 g/mol. The highest BCUT2D eigenvalue weighted by Gasteiger charge is 2.19. The largest absolute Gasteiger partial charge is 0.450 e. The number of anilines is 1. The molecule has 3 rings (SSSR count). The second kappa shape index (κ2) is 6.89. The fourth-order valence-corrected chi connectivity index (χ4v) is 2.43. The van der Waals surface area contributed by atoms with Gasteiger partial charge in [-0.15, -0.1) is 0 Å². The number of nitrogens with one attached hydrogen (secondary N) is 1. The van der Waals surface area contributed by atoms with Gasteiger partial charge in [-0.1, -0.05) is 24.3 Å². The van der Waals surface area contributed by atoms with E-state index in [2.05, 4.69) is 5.32 Å². The number of nitrogens with zero attached hydrogens (tertiary/aromatic N) is 1. The Morgan fingerprint density at radius 3 is 2.76 bits per heavy atom. The summed E-state index contributed by atoms with van der Waals surface area (Å²) in [7, 11) is 0. The minimum Gasteiger partial charge on any atom is -0.450 e. The molecule has 6 nitrogen and oxygen atoms in total. The molecule has 1 aromatic heterocycles. The van der Waals surface area contributed by atoms with Gasteiger partial charge in [-0.3, -0.25) is 4.79 Å². The van der Waals surface area contributed by atoms with Crippen molar-refractivity contribution < 1.29 is 18.7 Å². The summed E-state index contributed by atoms with van der Waals surface area (Å²) in [5, 5.41) is 12.2. The molecule has 25 heavy (non-hydrogen) atoms. The third kappa shape index (κ3) is 3.51. The topological polar surface area (TPSA) is 92.3 Å². The van der Waals surface area contributed by atoms with Gasteiger partial charge in [-0.25, -0.2) is 4.79 Å². The molecule has 0 fully saturated rings. The number of hydrogen-bond donors (Lipinski definition) is 1. The van der Waals surface area contributed by atoms with Crippen LogP contribution < -0.4 is 5.32 Å². The monoisotopic (exact) mass is 334 g/mol. The molecule has 1 amide bonds. The predicted octanol–water partition coefficient (Wildman–Crippen LogP) is 3.41. The maximum Gasteiger partial charge on any atom is 0.375 e. The number of ether oxygens (including phenoxy) is 1. The third-order valence-electron chi connectivity index (χ3n) is 3.64. The van der Waals surface area contributed by atoms with Crippen molar-refractivity contribution in [3.05, 3.63) is 65.4 Å². The molecule has 0 bridgehead atoms. The molecule has 0 aliphatic rings. The van der Waals surface area contributed by atoms with E-state index < -0.39 is 18.5 Å². The maximum atomic E-state index is 12.2. The van der Waals surface area contributed by atoms with Gasteiger partial charge in [0.25, 0.3) is 5.91 Å². The lowest BCUT2D eigenvalue weighted by Gasteiger charge is -2.06. The summed E-state index contributed by atoms with van der Waals surface area (Å²) >= 11 is 0. The van der Waals surface area contributed by atoms with Gasteiger partial charge < -0.3 is 14.5 Å². The molecular weight excluding hydrogens is 320 g/mol. The molecule has 0 spiro atoms. The first-order valence-electron chi connectivity index (χ1n) is 7.54. The Hall–Kier alpha value is -3.59. The van der Waals surface area contributed by atoms with E-state index in [1.165, 1.54) is 6.07 Å². The van der Waals surface area contributed by atoms with Crippen LogP contribution in [0.3, 0.4) is 0 Å². The lowest BCUT2D eigenvalue weighted by atomic mass is 10.1. The molecule has 0 saturated carbocycles. The number of para-hydroxylation sites is 1. The van der Waals surface area contributed by atoms with Crippen LogP contribution >= 0.6 is 0 Å². The van der Waals surface area contributed by atoms with Crippen molar-refractivity contribution in [2.75, 3.05) is 11.9 Å². The predicted molar refractivity (Wildman–Crippen MR) is 91.0 cm³/mol. The van der Waals surface area contributed by atoms with Gasteiger partial charge in [0.1, 0.15) is 5.58 Å². The van der Waals surface area contributed by atoms with Crippen LogP contribution in [0.15, 0.2) is 52.9 Å². The number of hydrogen-bond acceptors (Lipinski definition) is 5. The number of fused-ring (bicyclic) bond motifs is 1. The number of esters is 1. The fourth-order valence-electron chi connectivity index (χ4n) is 2.43. The van der Waals surface area contributed by atoms with Crippen LogP contribution in [-0.4, -0.2) is 18.5 Å². The van der Waals surface area contributed by atoms with Crippen LogP contribution in [0.25, 0.3) is 11.0 Å². The lowest BCUT2D eigenvalue weighted by Crippen LogP contribution is -2.21. The third-order valence-corrected chi connectivity index (χ3v) is 3.64. The van der Waals surface area contributed by atoms with E-state index in [-0.39, 0.29) is 5.76 Å². The Kier molecular flexibility index (Phi) is 4.48. The van der Waals surface area contributed by atoms with Crippen LogP contribution in [0.4, 0.5) is 5.69 Å². The SMILES string of the molecule is Cc1c(C(=O)OCC(=O)Nc2cccc(C#N)c2)oc2ccccc12. The summed E-state index contributed by atoms with van der Waals surface area (Å²) in [5.41, 5.74) is 2.14. The number of carbonyl (C=O) groups excluding carboxylic acids is 2. The van der Waals surface area contributed by atoms with Crippen molar-refractivity contribution in [1.82, 2.24) is 0 Å². The van der Waals surface area contributed by atoms with E-state index in [4.69, 9.17) is 14.4 Å². The Bertz CT molecular complexity index is 998. The zero-order valence-corrected chi connectivity index (χ0v) is 13.4. The smallest absolute Gasteiger partial charge is 0.375 e. The fraction of sp³-hybridized carbons (Fsp3) is 0.105. The Labute approximate surface area is 143 Å². The van der Waals surface area contributed by atoms with E-state index in [9.17, 15) is 9.59 Å². The molecule has 124 valence electrons. The minimum atomic E-state index is -0.699. The number of benzene rings is 2. The summed E-state index contributed by atoms with van der Waals surface area (Å²) in [4.78, 5) is 24.1. The molecule has 0 aliphatic carbocycles. The van der Waals surface area contributed by atoms with E-state index in [1.807, 2.05) is 24.3 Å². The molecule has 3 aromatic rings. The molecule has 6 heteroatoms. The summed E-state index contributed by atoms with van der Waals surface area (Å²) in [6, 6.07) is 15.7. The molecule has 0 radical (unpaired) electrons. The number of furan rings is 1. The standard InChI is InChI=1S/C19H14N2O4/c1-12-15-7-2-3-8-16(15)25-18(12)19(23)24-11-17(22)21-14-6-4-5-13(9-14)10-20/h2-9H,11H2,1H3,(H,21,22). The van der Waals surface area contributed by atoms with Crippen LogP contribution in [0, 0.1) is 18.3 Å². The molecule has 2 aromatic carbocycles. The highest BCUT2D eigenvalue weighted by molar-refractivity contribution is 5.98. The minimum absolute atomic E-state index is 0.0838. The molecule has 0 saturated heterocycles. The summed E-state index contributed by atoms with van der Waals surface area (Å²) in [5.74, 6) is -1.12. The quantitative estimate of drug-likeness (QED) is 0.738. The van der Waals surface area contributed by atoms with Crippen LogP contribution in [0.2, 0.25) is 0 Å². The van der Waals surface area contributed by atoms with E-state index in [0.717, 1.165) is 5.39 Å². The molecule has 0 atom stereocenters. The number of rotatable bonds is 4. The van der Waals surface area contributed by atoms with Crippen LogP contribution in [0.5, 0.6) is 0 Å². The van der Waals surface area contributed by atoms with Crippen LogP contribution in [-0.2, 0) is 9.53 Å². The van der Waals surface area contributed by atoms with Gasteiger partial charge in [0.05, 0.1) is 11.6 Å². The average Bonchev–Trinajstić information content (AvgIpc) is 2.97. The first kappa shape index (κ1) is 16.3. The molecule has 0 unspecified atom stereocenters. The zero-order valence-electron chi connectivity index (χ0n) is 13.4. The molecule has 0 aliphatic heterocycles. The van der Waals surface area contributed by atoms with Crippen molar-refractivity contribution in [2.45, 2.75) is 6.92 Å². The van der Waals surface area contributed by atoms with Crippen molar-refractivity contribution >= 4 is 28.5 Å². The summed E-state index contributed by atoms with van der Waals surface area (Å²) in [6.07, 6.45) is 0. The lowest BCUT2D eigenvalue weighted by molar-refractivity contribution is -0.119.